The predicted octanol–water partition coefficient (Wildman–Crippen LogP) is 6.27. The summed E-state index contributed by atoms with van der Waals surface area (Å²) in [5, 5.41) is -6.39. The van der Waals surface area contributed by atoms with E-state index in [4.69, 9.17) is 0 Å². The minimum absolute atomic E-state index is 0.581. The summed E-state index contributed by atoms with van der Waals surface area (Å²) in [7, 11) is -5.84. The van der Waals surface area contributed by atoms with Crippen LogP contribution in [0.25, 0.3) is 0 Å². The number of halogens is 9. The molecule has 0 spiro atoms. The van der Waals surface area contributed by atoms with E-state index < -0.39 is 43.6 Å². The van der Waals surface area contributed by atoms with Gasteiger partial charge in [0.25, 0.3) is 0 Å². The highest BCUT2D eigenvalue weighted by molar-refractivity contribution is 7.94. The molecule has 0 N–H and O–H groups in total. The summed E-state index contributed by atoms with van der Waals surface area (Å²) in [6.07, 6.45) is -7.02. The van der Waals surface area contributed by atoms with Gasteiger partial charge in [0.1, 0.15) is 0 Å². The average molecular weight is 435 g/mol. The molecule has 0 aliphatic heterocycles. The van der Waals surface area contributed by atoms with Gasteiger partial charge in [-0.2, -0.15) is 43.9 Å². The van der Waals surface area contributed by atoms with Crippen LogP contribution in [0.4, 0.5) is 45.2 Å². The SMILES string of the molecule is O=S(=Nc1ccccc1)(c1ccccc1)C(F)(F)C(F)(F)C(F)(F)C(F)(F)F. The molecule has 154 valence electrons. The highest BCUT2D eigenvalue weighted by Crippen LogP contribution is 2.56. The van der Waals surface area contributed by atoms with E-state index >= 15 is 0 Å². The number of hydrogen-bond acceptors (Lipinski definition) is 2. The Morgan fingerprint density at radius 1 is 0.643 bits per heavy atom. The van der Waals surface area contributed by atoms with Gasteiger partial charge in [-0.15, -0.1) is 0 Å². The van der Waals surface area contributed by atoms with E-state index in [0.717, 1.165) is 24.3 Å². The molecule has 0 radical (unpaired) electrons. The van der Waals surface area contributed by atoms with Crippen LogP contribution >= 0.6 is 0 Å². The summed E-state index contributed by atoms with van der Waals surface area (Å²) >= 11 is 0. The monoisotopic (exact) mass is 435 g/mol. The van der Waals surface area contributed by atoms with Gasteiger partial charge in [0.15, 0.2) is 9.73 Å². The van der Waals surface area contributed by atoms with Gasteiger partial charge in [0, 0.05) is 0 Å². The number of nitrogens with zero attached hydrogens (tertiary/aromatic N) is 1. The quantitative estimate of drug-likeness (QED) is 0.509. The van der Waals surface area contributed by atoms with Crippen molar-refractivity contribution in [2.75, 3.05) is 0 Å². The Balaban J connectivity index is 2.84. The van der Waals surface area contributed by atoms with E-state index in [-0.39, 0.29) is 0 Å². The highest BCUT2D eigenvalue weighted by atomic mass is 32.2. The first-order valence-electron chi connectivity index (χ1n) is 7.25. The molecule has 0 amide bonds. The van der Waals surface area contributed by atoms with Crippen LogP contribution in [0.2, 0.25) is 0 Å². The molecule has 0 saturated carbocycles. The maximum atomic E-state index is 14.5. The molecule has 0 aliphatic rings. The topological polar surface area (TPSA) is 29.4 Å². The molecule has 12 heteroatoms. The van der Waals surface area contributed by atoms with Crippen LogP contribution in [0.1, 0.15) is 0 Å². The predicted molar refractivity (Wildman–Crippen MR) is 82.3 cm³/mol. The zero-order chi connectivity index (χ0) is 21.4. The van der Waals surface area contributed by atoms with Gasteiger partial charge >= 0.3 is 23.3 Å². The fraction of sp³-hybridized carbons (Fsp3) is 0.250. The number of hydrogen-bond donors (Lipinski definition) is 0. The van der Waals surface area contributed by atoms with Crippen molar-refractivity contribution in [3.63, 3.8) is 0 Å². The minimum atomic E-state index is -7.17. The van der Waals surface area contributed by atoms with Crippen molar-refractivity contribution in [2.45, 2.75) is 28.2 Å². The van der Waals surface area contributed by atoms with Gasteiger partial charge < -0.3 is 0 Å². The summed E-state index contributed by atoms with van der Waals surface area (Å²) in [5.74, 6) is -14.2. The molecule has 1 unspecified atom stereocenters. The molecule has 0 heterocycles. The Labute approximate surface area is 153 Å². The Morgan fingerprint density at radius 2 is 1.07 bits per heavy atom. The molecule has 0 aliphatic carbocycles. The van der Waals surface area contributed by atoms with Crippen LogP contribution in [0.15, 0.2) is 69.9 Å². The largest absolute Gasteiger partial charge is 0.460 e. The first-order chi connectivity index (χ1) is 12.7. The van der Waals surface area contributed by atoms with Gasteiger partial charge in [-0.3, -0.25) is 0 Å². The maximum absolute atomic E-state index is 14.5. The van der Waals surface area contributed by atoms with Crippen molar-refractivity contribution >= 4 is 15.4 Å². The third-order valence-electron chi connectivity index (χ3n) is 3.52. The number of alkyl halides is 9. The van der Waals surface area contributed by atoms with Gasteiger partial charge in [-0.25, -0.2) is 4.21 Å². The first kappa shape index (κ1) is 22.1. The molecule has 0 saturated heterocycles. The summed E-state index contributed by atoms with van der Waals surface area (Å²) in [6, 6.07) is 9.97. The number of benzene rings is 2. The summed E-state index contributed by atoms with van der Waals surface area (Å²) in [4.78, 5) is -1.14. The molecule has 2 nitrogen and oxygen atoms in total. The van der Waals surface area contributed by atoms with Gasteiger partial charge in [0.2, 0.25) is 0 Å². The van der Waals surface area contributed by atoms with Crippen LogP contribution in [-0.2, 0) is 9.73 Å². The fourth-order valence-electron chi connectivity index (χ4n) is 2.03. The van der Waals surface area contributed by atoms with Crippen LogP contribution in [0.3, 0.4) is 0 Å². The summed E-state index contributed by atoms with van der Waals surface area (Å²) < 4.78 is 136. The average Bonchev–Trinajstić information content (AvgIpc) is 2.61. The lowest BCUT2D eigenvalue weighted by molar-refractivity contribution is -0.381. The van der Waals surface area contributed by atoms with E-state index in [2.05, 4.69) is 4.36 Å². The van der Waals surface area contributed by atoms with Crippen LogP contribution in [0.5, 0.6) is 0 Å². The van der Waals surface area contributed by atoms with E-state index in [1.807, 2.05) is 0 Å². The molecule has 2 aromatic carbocycles. The van der Waals surface area contributed by atoms with Crippen molar-refractivity contribution in [3.8, 4) is 0 Å². The van der Waals surface area contributed by atoms with Gasteiger partial charge in [-0.05, 0) is 24.3 Å². The molecule has 0 fully saturated rings. The van der Waals surface area contributed by atoms with E-state index in [0.29, 0.717) is 12.1 Å². The molecular weight excluding hydrogens is 425 g/mol. The van der Waals surface area contributed by atoms with Crippen LogP contribution in [-0.4, -0.2) is 27.5 Å². The smallest absolute Gasteiger partial charge is 0.238 e. The second kappa shape index (κ2) is 6.98. The molecule has 2 rings (SSSR count). The second-order valence-electron chi connectivity index (χ2n) is 5.43. The Hall–Kier alpha value is -2.24. The second-order valence-corrected chi connectivity index (χ2v) is 7.65. The van der Waals surface area contributed by atoms with Crippen molar-refractivity contribution in [2.24, 2.45) is 4.36 Å². The molecule has 0 aromatic heterocycles. The summed E-state index contributed by atoms with van der Waals surface area (Å²) in [5.41, 5.74) is -0.581. The number of rotatable bonds is 5. The third kappa shape index (κ3) is 3.33. The zero-order valence-corrected chi connectivity index (χ0v) is 14.3. The van der Waals surface area contributed by atoms with Crippen LogP contribution in [0, 0.1) is 0 Å². The lowest BCUT2D eigenvalue weighted by Crippen LogP contribution is -2.63. The fourth-order valence-corrected chi connectivity index (χ4v) is 3.97. The Kier molecular flexibility index (Phi) is 5.50. The van der Waals surface area contributed by atoms with Crippen LogP contribution < -0.4 is 0 Å². The maximum Gasteiger partial charge on any atom is 0.460 e. The lowest BCUT2D eigenvalue weighted by Gasteiger charge is -2.34. The minimum Gasteiger partial charge on any atom is -0.238 e. The van der Waals surface area contributed by atoms with Crippen molar-refractivity contribution in [3.05, 3.63) is 60.7 Å². The Morgan fingerprint density at radius 3 is 1.50 bits per heavy atom. The Bertz CT molecular complexity index is 934. The molecule has 0 bridgehead atoms. The molecule has 2 aromatic rings. The normalized spacial score (nSPS) is 15.8. The van der Waals surface area contributed by atoms with E-state index in [1.54, 1.807) is 0 Å². The molecule has 28 heavy (non-hydrogen) atoms. The lowest BCUT2D eigenvalue weighted by atomic mass is 10.1. The van der Waals surface area contributed by atoms with Gasteiger partial charge in [0.05, 0.1) is 10.6 Å². The van der Waals surface area contributed by atoms with E-state index in [1.165, 1.54) is 24.3 Å². The standard InChI is InChI=1S/C16H10F9NOS/c17-13(18,15(21,22)23)14(19,20)16(24,25)28(27,12-9-5-2-6-10-12)26-11-7-3-1-4-8-11/h1-10H. The third-order valence-corrected chi connectivity index (χ3v) is 5.85. The van der Waals surface area contributed by atoms with Gasteiger partial charge in [-0.1, -0.05) is 36.4 Å². The highest BCUT2D eigenvalue weighted by Gasteiger charge is 2.84. The summed E-state index contributed by atoms with van der Waals surface area (Å²) in [6.45, 7) is 0. The zero-order valence-electron chi connectivity index (χ0n) is 13.4. The van der Waals surface area contributed by atoms with Crippen molar-refractivity contribution in [1.82, 2.24) is 0 Å². The molecular formula is C16H10F9NOS. The first-order valence-corrected chi connectivity index (χ1v) is 8.77. The van der Waals surface area contributed by atoms with Crippen molar-refractivity contribution < 1.29 is 43.7 Å². The molecule has 1 atom stereocenters. The van der Waals surface area contributed by atoms with E-state index in [9.17, 15) is 43.7 Å². The van der Waals surface area contributed by atoms with Crippen molar-refractivity contribution in [1.29, 1.82) is 0 Å².